The predicted molar refractivity (Wildman–Crippen MR) is 115 cm³/mol. The van der Waals surface area contributed by atoms with Gasteiger partial charge in [0, 0.05) is 23.5 Å². The van der Waals surface area contributed by atoms with E-state index in [9.17, 15) is 15.0 Å². The third kappa shape index (κ3) is 4.09. The fourth-order valence-electron chi connectivity index (χ4n) is 5.12. The van der Waals surface area contributed by atoms with E-state index in [4.69, 9.17) is 4.74 Å². The van der Waals surface area contributed by atoms with Gasteiger partial charge in [-0.2, -0.15) is 0 Å². The Morgan fingerprint density at radius 1 is 1.24 bits per heavy atom. The van der Waals surface area contributed by atoms with Gasteiger partial charge in [-0.25, -0.2) is 4.79 Å². The molecule has 1 aliphatic carbocycles. The first-order valence-electron chi connectivity index (χ1n) is 11.0. The fourth-order valence-corrected chi connectivity index (χ4v) is 5.12. The van der Waals surface area contributed by atoms with E-state index in [2.05, 4.69) is 32.9 Å². The number of carbonyl (C=O) groups is 1. The van der Waals surface area contributed by atoms with Crippen molar-refractivity contribution in [2.75, 3.05) is 0 Å². The third-order valence-electron chi connectivity index (χ3n) is 7.01. The summed E-state index contributed by atoms with van der Waals surface area (Å²) in [5, 5.41) is 21.2. The highest BCUT2D eigenvalue weighted by Crippen LogP contribution is 2.54. The highest BCUT2D eigenvalue weighted by atomic mass is 16.5. The first-order chi connectivity index (χ1) is 13.5. The number of benzene rings is 1. The summed E-state index contributed by atoms with van der Waals surface area (Å²) in [4.78, 5) is 11.6. The van der Waals surface area contributed by atoms with Crippen LogP contribution in [0.3, 0.4) is 0 Å². The normalized spacial score (nSPS) is 25.4. The van der Waals surface area contributed by atoms with Crippen molar-refractivity contribution in [3.8, 4) is 5.75 Å². The van der Waals surface area contributed by atoms with E-state index in [0.717, 1.165) is 12.0 Å². The standard InChI is InChI=1S/C25H36O4/c1-6-7-8-9-14-23(2,3)18-11-12-19-20(15-18)29-24(4,5)21-13-10-17(22(26)27)16-25(19,21)28/h10-12,15,21,28H,6-9,13-14,16H2,1-5H3,(H,26,27)/t21-,25-/m0/s1. The topological polar surface area (TPSA) is 66.8 Å². The number of carboxylic acid groups (broad SMARTS) is 1. The molecule has 0 amide bonds. The van der Waals surface area contributed by atoms with Crippen molar-refractivity contribution in [1.82, 2.24) is 0 Å². The van der Waals surface area contributed by atoms with Crippen molar-refractivity contribution >= 4 is 5.97 Å². The molecule has 0 saturated carbocycles. The van der Waals surface area contributed by atoms with Gasteiger partial charge in [-0.3, -0.25) is 0 Å². The Hall–Kier alpha value is -1.81. The maximum Gasteiger partial charge on any atom is 0.331 e. The molecule has 2 aliphatic rings. The molecular weight excluding hydrogens is 364 g/mol. The lowest BCUT2D eigenvalue weighted by Gasteiger charge is -2.51. The Labute approximate surface area is 175 Å². The molecular formula is C25H36O4. The van der Waals surface area contributed by atoms with Crippen LogP contribution in [0.15, 0.2) is 29.8 Å². The van der Waals surface area contributed by atoms with E-state index in [1.807, 2.05) is 19.9 Å². The number of hydrogen-bond donors (Lipinski definition) is 2. The first-order valence-corrected chi connectivity index (χ1v) is 11.0. The van der Waals surface area contributed by atoms with Gasteiger partial charge < -0.3 is 14.9 Å². The fraction of sp³-hybridized carbons (Fsp3) is 0.640. The molecule has 0 unspecified atom stereocenters. The molecule has 29 heavy (non-hydrogen) atoms. The number of unbranched alkanes of at least 4 members (excludes halogenated alkanes) is 3. The van der Waals surface area contributed by atoms with Crippen LogP contribution in [0, 0.1) is 5.92 Å². The van der Waals surface area contributed by atoms with Gasteiger partial charge in [0.1, 0.15) is 17.0 Å². The Morgan fingerprint density at radius 3 is 2.62 bits per heavy atom. The lowest BCUT2D eigenvalue weighted by atomic mass is 9.63. The maximum absolute atomic E-state index is 11.7. The molecule has 2 N–H and O–H groups in total. The molecule has 0 radical (unpaired) electrons. The van der Waals surface area contributed by atoms with Gasteiger partial charge in [-0.1, -0.05) is 64.7 Å². The molecule has 4 nitrogen and oxygen atoms in total. The average molecular weight is 401 g/mol. The van der Waals surface area contributed by atoms with E-state index >= 15 is 0 Å². The minimum atomic E-state index is -1.22. The molecule has 2 atom stereocenters. The second-order valence-electron chi connectivity index (χ2n) is 10.0. The minimum absolute atomic E-state index is 0.0223. The lowest BCUT2D eigenvalue weighted by molar-refractivity contribution is -0.142. The van der Waals surface area contributed by atoms with Gasteiger partial charge in [0.2, 0.25) is 0 Å². The van der Waals surface area contributed by atoms with E-state index in [1.54, 1.807) is 6.08 Å². The molecule has 0 bridgehead atoms. The zero-order valence-electron chi connectivity index (χ0n) is 18.5. The van der Waals surface area contributed by atoms with Crippen LogP contribution in [0.25, 0.3) is 0 Å². The molecule has 1 aromatic rings. The summed E-state index contributed by atoms with van der Waals surface area (Å²) in [6, 6.07) is 6.13. The number of aliphatic carboxylic acids is 1. The van der Waals surface area contributed by atoms with Crippen LogP contribution >= 0.6 is 0 Å². The Balaban J connectivity index is 1.95. The number of fused-ring (bicyclic) bond motifs is 3. The average Bonchev–Trinajstić information content (AvgIpc) is 2.63. The Morgan fingerprint density at radius 2 is 1.97 bits per heavy atom. The maximum atomic E-state index is 11.7. The van der Waals surface area contributed by atoms with Crippen molar-refractivity contribution < 1.29 is 19.7 Å². The largest absolute Gasteiger partial charge is 0.487 e. The summed E-state index contributed by atoms with van der Waals surface area (Å²) >= 11 is 0. The highest BCUT2D eigenvalue weighted by Gasteiger charge is 2.54. The molecule has 0 saturated heterocycles. The van der Waals surface area contributed by atoms with Crippen LogP contribution in [-0.2, 0) is 15.8 Å². The molecule has 4 heteroatoms. The van der Waals surface area contributed by atoms with Gasteiger partial charge in [0.25, 0.3) is 0 Å². The van der Waals surface area contributed by atoms with Crippen LogP contribution in [-0.4, -0.2) is 21.8 Å². The first kappa shape index (κ1) is 21.9. The van der Waals surface area contributed by atoms with E-state index in [0.29, 0.717) is 12.2 Å². The number of hydrogen-bond acceptors (Lipinski definition) is 3. The molecule has 0 spiro atoms. The predicted octanol–water partition coefficient (Wildman–Crippen LogP) is 5.71. The number of aliphatic hydroxyl groups is 1. The van der Waals surface area contributed by atoms with Crippen molar-refractivity contribution in [3.63, 3.8) is 0 Å². The van der Waals surface area contributed by atoms with Gasteiger partial charge in [0.05, 0.1) is 0 Å². The Bertz CT molecular complexity index is 805. The van der Waals surface area contributed by atoms with E-state index in [-0.39, 0.29) is 23.3 Å². The summed E-state index contributed by atoms with van der Waals surface area (Å²) in [7, 11) is 0. The quantitative estimate of drug-likeness (QED) is 0.575. The lowest BCUT2D eigenvalue weighted by Crippen LogP contribution is -2.55. The molecule has 1 aromatic carbocycles. The van der Waals surface area contributed by atoms with E-state index in [1.165, 1.54) is 31.2 Å². The SMILES string of the molecule is CCCCCCC(C)(C)c1ccc2c(c1)OC(C)(C)[C@@H]1CC=C(C(=O)O)C[C@]21O. The third-order valence-corrected chi connectivity index (χ3v) is 7.01. The smallest absolute Gasteiger partial charge is 0.331 e. The van der Waals surface area contributed by atoms with Crippen LogP contribution in [0.1, 0.15) is 90.7 Å². The molecule has 0 fully saturated rings. The van der Waals surface area contributed by atoms with Gasteiger partial charge >= 0.3 is 5.97 Å². The van der Waals surface area contributed by atoms with Crippen LogP contribution in [0.4, 0.5) is 0 Å². The minimum Gasteiger partial charge on any atom is -0.487 e. The number of ether oxygens (including phenoxy) is 1. The molecule has 1 aliphatic heterocycles. The Kier molecular flexibility index (Phi) is 5.88. The summed E-state index contributed by atoms with van der Waals surface area (Å²) in [6.45, 7) is 10.7. The summed E-state index contributed by atoms with van der Waals surface area (Å²) in [5.74, 6) is -0.439. The number of allylic oxidation sites excluding steroid dienone is 1. The monoisotopic (exact) mass is 400 g/mol. The zero-order valence-corrected chi connectivity index (χ0v) is 18.5. The van der Waals surface area contributed by atoms with Crippen LogP contribution < -0.4 is 4.74 Å². The van der Waals surface area contributed by atoms with Crippen LogP contribution in [0.2, 0.25) is 0 Å². The molecule has 3 rings (SSSR count). The van der Waals surface area contributed by atoms with E-state index < -0.39 is 17.2 Å². The zero-order chi connectivity index (χ0) is 21.4. The summed E-state index contributed by atoms with van der Waals surface area (Å²) in [6.07, 6.45) is 8.41. The second-order valence-corrected chi connectivity index (χ2v) is 10.0. The molecule has 160 valence electrons. The van der Waals surface area contributed by atoms with Crippen LogP contribution in [0.5, 0.6) is 5.75 Å². The molecule has 1 heterocycles. The number of rotatable bonds is 7. The molecule has 0 aromatic heterocycles. The van der Waals surface area contributed by atoms with Crippen molar-refractivity contribution in [3.05, 3.63) is 41.0 Å². The van der Waals surface area contributed by atoms with Crippen molar-refractivity contribution in [2.45, 2.75) is 96.2 Å². The second kappa shape index (κ2) is 7.79. The van der Waals surface area contributed by atoms with Crippen molar-refractivity contribution in [1.29, 1.82) is 0 Å². The highest BCUT2D eigenvalue weighted by molar-refractivity contribution is 5.87. The van der Waals surface area contributed by atoms with Crippen molar-refractivity contribution in [2.24, 2.45) is 5.92 Å². The summed E-state index contributed by atoms with van der Waals surface area (Å²) < 4.78 is 6.39. The summed E-state index contributed by atoms with van der Waals surface area (Å²) in [5.41, 5.74) is 0.437. The van der Waals surface area contributed by atoms with Gasteiger partial charge in [-0.15, -0.1) is 0 Å². The van der Waals surface area contributed by atoms with Gasteiger partial charge in [-0.05, 0) is 43.7 Å². The van der Waals surface area contributed by atoms with Gasteiger partial charge in [0.15, 0.2) is 0 Å². The number of carboxylic acids is 1.